The van der Waals surface area contributed by atoms with Crippen LogP contribution < -0.4 is 10.0 Å². The second kappa shape index (κ2) is 7.25. The molecule has 0 fully saturated rings. The van der Waals surface area contributed by atoms with Crippen LogP contribution in [0.2, 0.25) is 0 Å². The molecule has 0 spiro atoms. The SMILES string of the molecule is CCc1cccc(Nc2nc(-c3ccc(NS(C)(=O)=O)cc3)cs2)c1. The Hall–Kier alpha value is -2.38. The molecule has 0 amide bonds. The molecule has 25 heavy (non-hydrogen) atoms. The zero-order valence-electron chi connectivity index (χ0n) is 14.0. The van der Waals surface area contributed by atoms with Crippen LogP contribution in [0.25, 0.3) is 11.3 Å². The van der Waals surface area contributed by atoms with Crippen LogP contribution in [-0.2, 0) is 16.4 Å². The number of benzene rings is 2. The maximum atomic E-state index is 11.2. The third kappa shape index (κ3) is 4.80. The molecule has 0 aliphatic heterocycles. The number of aryl methyl sites for hydroxylation is 1. The summed E-state index contributed by atoms with van der Waals surface area (Å²) < 4.78 is 24.9. The summed E-state index contributed by atoms with van der Waals surface area (Å²) in [6, 6.07) is 15.4. The minimum atomic E-state index is -3.26. The Bertz CT molecular complexity index is 964. The Morgan fingerprint density at radius 3 is 2.52 bits per heavy atom. The Morgan fingerprint density at radius 1 is 1.08 bits per heavy atom. The topological polar surface area (TPSA) is 71.1 Å². The minimum absolute atomic E-state index is 0.538. The summed E-state index contributed by atoms with van der Waals surface area (Å²) in [5.74, 6) is 0. The first-order valence-electron chi connectivity index (χ1n) is 7.82. The van der Waals surface area contributed by atoms with Gasteiger partial charge in [0.2, 0.25) is 10.0 Å². The van der Waals surface area contributed by atoms with E-state index in [1.54, 1.807) is 12.1 Å². The van der Waals surface area contributed by atoms with E-state index >= 15 is 0 Å². The molecule has 5 nitrogen and oxygen atoms in total. The molecule has 2 aromatic carbocycles. The van der Waals surface area contributed by atoms with Gasteiger partial charge in [-0.25, -0.2) is 13.4 Å². The van der Waals surface area contributed by atoms with Gasteiger partial charge in [0, 0.05) is 22.3 Å². The summed E-state index contributed by atoms with van der Waals surface area (Å²) in [6.45, 7) is 2.13. The van der Waals surface area contributed by atoms with Crippen LogP contribution in [0.4, 0.5) is 16.5 Å². The van der Waals surface area contributed by atoms with Gasteiger partial charge in [-0.15, -0.1) is 11.3 Å². The van der Waals surface area contributed by atoms with Crippen molar-refractivity contribution in [2.24, 2.45) is 0 Å². The molecule has 0 aliphatic carbocycles. The highest BCUT2D eigenvalue weighted by Gasteiger charge is 2.07. The highest BCUT2D eigenvalue weighted by Crippen LogP contribution is 2.28. The molecule has 0 saturated carbocycles. The largest absolute Gasteiger partial charge is 0.332 e. The highest BCUT2D eigenvalue weighted by molar-refractivity contribution is 7.92. The summed E-state index contributed by atoms with van der Waals surface area (Å²) in [5, 5.41) is 6.13. The average molecular weight is 374 g/mol. The summed E-state index contributed by atoms with van der Waals surface area (Å²) in [5.41, 5.74) is 4.62. The van der Waals surface area contributed by atoms with Gasteiger partial charge in [0.15, 0.2) is 5.13 Å². The predicted molar refractivity (Wildman–Crippen MR) is 105 cm³/mol. The smallest absolute Gasteiger partial charge is 0.229 e. The summed E-state index contributed by atoms with van der Waals surface area (Å²) in [6.07, 6.45) is 2.12. The monoisotopic (exact) mass is 373 g/mol. The van der Waals surface area contributed by atoms with Crippen LogP contribution in [0.1, 0.15) is 12.5 Å². The molecule has 7 heteroatoms. The zero-order chi connectivity index (χ0) is 17.9. The molecule has 3 aromatic rings. The van der Waals surface area contributed by atoms with Crippen LogP contribution in [-0.4, -0.2) is 19.7 Å². The average Bonchev–Trinajstić information content (AvgIpc) is 3.03. The number of nitrogens with one attached hydrogen (secondary N) is 2. The van der Waals surface area contributed by atoms with Gasteiger partial charge in [-0.1, -0.05) is 31.2 Å². The third-order valence-electron chi connectivity index (χ3n) is 3.57. The molecule has 2 N–H and O–H groups in total. The van der Waals surface area contributed by atoms with Gasteiger partial charge in [0.05, 0.1) is 11.9 Å². The van der Waals surface area contributed by atoms with Crippen molar-refractivity contribution in [2.45, 2.75) is 13.3 Å². The van der Waals surface area contributed by atoms with Crippen LogP contribution in [0, 0.1) is 0 Å². The normalized spacial score (nSPS) is 11.3. The molecular formula is C18H19N3O2S2. The van der Waals surface area contributed by atoms with Crippen LogP contribution >= 0.6 is 11.3 Å². The van der Waals surface area contributed by atoms with E-state index in [0.717, 1.165) is 34.8 Å². The molecule has 0 atom stereocenters. The second-order valence-corrected chi connectivity index (χ2v) is 8.27. The number of hydrogen-bond acceptors (Lipinski definition) is 5. The van der Waals surface area contributed by atoms with Gasteiger partial charge < -0.3 is 5.32 Å². The minimum Gasteiger partial charge on any atom is -0.332 e. The number of rotatable bonds is 6. The Labute approximate surface area is 151 Å². The molecule has 0 bridgehead atoms. The lowest BCUT2D eigenvalue weighted by molar-refractivity contribution is 0.607. The summed E-state index contributed by atoms with van der Waals surface area (Å²) >= 11 is 1.53. The molecule has 0 radical (unpaired) electrons. The molecular weight excluding hydrogens is 354 g/mol. The fourth-order valence-corrected chi connectivity index (χ4v) is 3.68. The Kier molecular flexibility index (Phi) is 5.06. The molecule has 0 saturated heterocycles. The van der Waals surface area contributed by atoms with E-state index in [4.69, 9.17) is 0 Å². The van der Waals surface area contributed by atoms with Crippen LogP contribution in [0.5, 0.6) is 0 Å². The van der Waals surface area contributed by atoms with Crippen molar-refractivity contribution >= 4 is 37.9 Å². The van der Waals surface area contributed by atoms with E-state index in [9.17, 15) is 8.42 Å². The lowest BCUT2D eigenvalue weighted by Gasteiger charge is -2.05. The van der Waals surface area contributed by atoms with Gasteiger partial charge in [-0.3, -0.25) is 4.72 Å². The lowest BCUT2D eigenvalue weighted by Crippen LogP contribution is -2.09. The van der Waals surface area contributed by atoms with E-state index in [2.05, 4.69) is 34.1 Å². The summed E-state index contributed by atoms with van der Waals surface area (Å²) in [4.78, 5) is 4.60. The first-order chi connectivity index (χ1) is 11.9. The van der Waals surface area contributed by atoms with E-state index < -0.39 is 10.0 Å². The van der Waals surface area contributed by atoms with Crippen LogP contribution in [0.3, 0.4) is 0 Å². The number of hydrogen-bond donors (Lipinski definition) is 2. The predicted octanol–water partition coefficient (Wildman–Crippen LogP) is 4.49. The maximum Gasteiger partial charge on any atom is 0.229 e. The first kappa shape index (κ1) is 17.4. The van der Waals surface area contributed by atoms with Crippen LogP contribution in [0.15, 0.2) is 53.9 Å². The molecule has 130 valence electrons. The lowest BCUT2D eigenvalue weighted by atomic mass is 10.1. The Balaban J connectivity index is 1.74. The first-order valence-corrected chi connectivity index (χ1v) is 10.6. The summed E-state index contributed by atoms with van der Waals surface area (Å²) in [7, 11) is -3.26. The Morgan fingerprint density at radius 2 is 1.84 bits per heavy atom. The van der Waals surface area contributed by atoms with Gasteiger partial charge in [0.25, 0.3) is 0 Å². The van der Waals surface area contributed by atoms with E-state index in [-0.39, 0.29) is 0 Å². The molecule has 1 aromatic heterocycles. The molecule has 1 heterocycles. The molecule has 3 rings (SSSR count). The standard InChI is InChI=1S/C18H19N3O2S2/c1-3-13-5-4-6-16(11-13)19-18-20-17(12-24-18)14-7-9-15(10-8-14)21-25(2,22)23/h4-12,21H,3H2,1-2H3,(H,19,20). The fraction of sp³-hybridized carbons (Fsp3) is 0.167. The van der Waals surface area contributed by atoms with Crippen molar-refractivity contribution in [2.75, 3.05) is 16.3 Å². The van der Waals surface area contributed by atoms with Gasteiger partial charge in [-0.2, -0.15) is 0 Å². The van der Waals surface area contributed by atoms with Gasteiger partial charge in [-0.05, 0) is 36.2 Å². The fourth-order valence-electron chi connectivity index (χ4n) is 2.38. The number of nitrogens with zero attached hydrogens (tertiary/aromatic N) is 1. The van der Waals surface area contributed by atoms with E-state index in [1.807, 2.05) is 29.6 Å². The van der Waals surface area contributed by atoms with Gasteiger partial charge >= 0.3 is 0 Å². The van der Waals surface area contributed by atoms with Crippen molar-refractivity contribution in [1.82, 2.24) is 4.98 Å². The zero-order valence-corrected chi connectivity index (χ0v) is 15.6. The van der Waals surface area contributed by atoms with Crippen molar-refractivity contribution in [3.63, 3.8) is 0 Å². The van der Waals surface area contributed by atoms with Crippen molar-refractivity contribution in [3.8, 4) is 11.3 Å². The molecule has 0 aliphatic rings. The van der Waals surface area contributed by atoms with Crippen molar-refractivity contribution < 1.29 is 8.42 Å². The molecule has 0 unspecified atom stereocenters. The number of anilines is 3. The van der Waals surface area contributed by atoms with Crippen molar-refractivity contribution in [3.05, 3.63) is 59.5 Å². The van der Waals surface area contributed by atoms with Crippen molar-refractivity contribution in [1.29, 1.82) is 0 Å². The third-order valence-corrected chi connectivity index (χ3v) is 4.94. The van der Waals surface area contributed by atoms with Gasteiger partial charge in [0.1, 0.15) is 0 Å². The van der Waals surface area contributed by atoms with E-state index in [1.165, 1.54) is 16.9 Å². The number of aromatic nitrogens is 1. The quantitative estimate of drug-likeness (QED) is 0.668. The maximum absolute atomic E-state index is 11.2. The number of thiazole rings is 1. The second-order valence-electron chi connectivity index (χ2n) is 5.67. The number of sulfonamides is 1. The van der Waals surface area contributed by atoms with E-state index in [0.29, 0.717) is 5.69 Å². The highest BCUT2D eigenvalue weighted by atomic mass is 32.2.